The maximum Gasteiger partial charge on any atom is 0.276 e. The first kappa shape index (κ1) is 17.4. The van der Waals surface area contributed by atoms with Gasteiger partial charge < -0.3 is 10.2 Å². The standard InChI is InChI=1S/C17H20ClN5O2/c1-2-23-11-14(18)16(21-23)17(25)22(9-12-5-3-4-8-19-12)10-13-6-7-15(24)20-13/h3-5,8,11,13H,2,6-7,9-10H2,1H3,(H,20,24)/t13-/m0/s1. The van der Waals surface area contributed by atoms with Crippen molar-refractivity contribution in [1.29, 1.82) is 0 Å². The fourth-order valence-electron chi connectivity index (χ4n) is 2.84. The molecule has 0 aromatic carbocycles. The smallest absolute Gasteiger partial charge is 0.276 e. The van der Waals surface area contributed by atoms with E-state index in [-0.39, 0.29) is 23.6 Å². The number of aromatic nitrogens is 3. The number of pyridine rings is 1. The van der Waals surface area contributed by atoms with Gasteiger partial charge in [0, 0.05) is 37.9 Å². The molecule has 2 amide bonds. The van der Waals surface area contributed by atoms with Crippen LogP contribution in [0.2, 0.25) is 5.02 Å². The number of rotatable bonds is 6. The summed E-state index contributed by atoms with van der Waals surface area (Å²) in [4.78, 5) is 30.4. The van der Waals surface area contributed by atoms with Crippen molar-refractivity contribution in [2.75, 3.05) is 6.54 Å². The largest absolute Gasteiger partial charge is 0.352 e. The Bertz CT molecular complexity index is 762. The number of carbonyl (C=O) groups is 2. The lowest BCUT2D eigenvalue weighted by Crippen LogP contribution is -2.42. The first-order valence-corrected chi connectivity index (χ1v) is 8.66. The normalized spacial score (nSPS) is 16.7. The first-order valence-electron chi connectivity index (χ1n) is 8.28. The molecule has 0 spiro atoms. The zero-order chi connectivity index (χ0) is 17.8. The van der Waals surface area contributed by atoms with Crippen molar-refractivity contribution in [3.63, 3.8) is 0 Å². The van der Waals surface area contributed by atoms with E-state index in [4.69, 9.17) is 11.6 Å². The molecule has 25 heavy (non-hydrogen) atoms. The lowest BCUT2D eigenvalue weighted by Gasteiger charge is -2.25. The van der Waals surface area contributed by atoms with Crippen LogP contribution in [0.1, 0.15) is 35.9 Å². The second kappa shape index (κ2) is 7.65. The van der Waals surface area contributed by atoms with Crippen molar-refractivity contribution in [3.05, 3.63) is 47.0 Å². The third kappa shape index (κ3) is 4.17. The van der Waals surface area contributed by atoms with Crippen LogP contribution in [0.5, 0.6) is 0 Å². The van der Waals surface area contributed by atoms with E-state index in [0.717, 1.165) is 5.69 Å². The van der Waals surface area contributed by atoms with Gasteiger partial charge in [-0.15, -0.1) is 0 Å². The van der Waals surface area contributed by atoms with E-state index >= 15 is 0 Å². The Labute approximate surface area is 151 Å². The quantitative estimate of drug-likeness (QED) is 0.851. The molecule has 0 saturated carbocycles. The molecule has 0 radical (unpaired) electrons. The zero-order valence-electron chi connectivity index (χ0n) is 14.0. The summed E-state index contributed by atoms with van der Waals surface area (Å²) < 4.78 is 1.63. The maximum atomic E-state index is 13.0. The van der Waals surface area contributed by atoms with Crippen molar-refractivity contribution >= 4 is 23.4 Å². The fourth-order valence-corrected chi connectivity index (χ4v) is 3.07. The highest BCUT2D eigenvalue weighted by atomic mass is 35.5. The monoisotopic (exact) mass is 361 g/mol. The van der Waals surface area contributed by atoms with Gasteiger partial charge in [0.1, 0.15) is 0 Å². The Kier molecular flexibility index (Phi) is 5.33. The van der Waals surface area contributed by atoms with Crippen LogP contribution in [0.25, 0.3) is 0 Å². The Balaban J connectivity index is 1.82. The minimum Gasteiger partial charge on any atom is -0.352 e. The Morgan fingerprint density at radius 3 is 2.92 bits per heavy atom. The van der Waals surface area contributed by atoms with Gasteiger partial charge in [-0.2, -0.15) is 5.10 Å². The highest BCUT2D eigenvalue weighted by Crippen LogP contribution is 2.19. The van der Waals surface area contributed by atoms with Gasteiger partial charge in [-0.05, 0) is 25.5 Å². The van der Waals surface area contributed by atoms with Gasteiger partial charge in [-0.25, -0.2) is 0 Å². The van der Waals surface area contributed by atoms with Crippen LogP contribution < -0.4 is 5.32 Å². The van der Waals surface area contributed by atoms with Crippen molar-refractivity contribution in [1.82, 2.24) is 25.0 Å². The fraction of sp³-hybridized carbons (Fsp3) is 0.412. The minimum atomic E-state index is -0.260. The summed E-state index contributed by atoms with van der Waals surface area (Å²) in [5, 5.41) is 7.49. The Hall–Kier alpha value is -2.41. The number of hydrogen-bond acceptors (Lipinski definition) is 4. The van der Waals surface area contributed by atoms with Crippen LogP contribution in [-0.2, 0) is 17.9 Å². The Morgan fingerprint density at radius 1 is 1.48 bits per heavy atom. The van der Waals surface area contributed by atoms with Crippen LogP contribution in [-0.4, -0.2) is 44.1 Å². The molecule has 1 N–H and O–H groups in total. The van der Waals surface area contributed by atoms with Gasteiger partial charge in [-0.3, -0.25) is 19.3 Å². The number of nitrogens with one attached hydrogen (secondary N) is 1. The van der Waals surface area contributed by atoms with E-state index in [1.54, 1.807) is 22.0 Å². The molecule has 1 atom stereocenters. The summed E-state index contributed by atoms with van der Waals surface area (Å²) >= 11 is 6.19. The molecule has 0 unspecified atom stereocenters. The van der Waals surface area contributed by atoms with Gasteiger partial charge in [0.15, 0.2) is 5.69 Å². The molecule has 1 aliphatic rings. The van der Waals surface area contributed by atoms with Crippen molar-refractivity contribution < 1.29 is 9.59 Å². The van der Waals surface area contributed by atoms with Gasteiger partial charge in [0.05, 0.1) is 17.3 Å². The van der Waals surface area contributed by atoms with E-state index in [0.29, 0.717) is 37.5 Å². The summed E-state index contributed by atoms with van der Waals surface area (Å²) in [6, 6.07) is 5.50. The number of hydrogen-bond donors (Lipinski definition) is 1. The zero-order valence-corrected chi connectivity index (χ0v) is 14.7. The third-order valence-corrected chi connectivity index (χ3v) is 4.41. The molecule has 7 nitrogen and oxygen atoms in total. The van der Waals surface area contributed by atoms with E-state index in [1.165, 1.54) is 0 Å². The maximum absolute atomic E-state index is 13.0. The lowest BCUT2D eigenvalue weighted by molar-refractivity contribution is -0.119. The highest BCUT2D eigenvalue weighted by molar-refractivity contribution is 6.33. The average Bonchev–Trinajstić information content (AvgIpc) is 3.20. The van der Waals surface area contributed by atoms with Crippen LogP contribution in [0.4, 0.5) is 0 Å². The van der Waals surface area contributed by atoms with E-state index in [2.05, 4.69) is 15.4 Å². The molecular formula is C17H20ClN5O2. The van der Waals surface area contributed by atoms with E-state index < -0.39 is 0 Å². The summed E-state index contributed by atoms with van der Waals surface area (Å²) in [5.41, 5.74) is 0.995. The van der Waals surface area contributed by atoms with Crippen molar-refractivity contribution in [2.24, 2.45) is 0 Å². The SMILES string of the molecule is CCn1cc(Cl)c(C(=O)N(Cc2ccccn2)C[C@@H]2CCC(=O)N2)n1. The minimum absolute atomic E-state index is 0.0172. The number of halogens is 1. The lowest BCUT2D eigenvalue weighted by atomic mass is 10.2. The molecule has 1 saturated heterocycles. The molecule has 8 heteroatoms. The molecule has 0 aliphatic carbocycles. The topological polar surface area (TPSA) is 80.1 Å². The number of aryl methyl sites for hydroxylation is 1. The molecule has 3 rings (SSSR count). The summed E-state index contributed by atoms with van der Waals surface area (Å²) in [7, 11) is 0. The van der Waals surface area contributed by atoms with Crippen molar-refractivity contribution in [3.8, 4) is 0 Å². The second-order valence-electron chi connectivity index (χ2n) is 5.99. The molecular weight excluding hydrogens is 342 g/mol. The third-order valence-electron chi connectivity index (χ3n) is 4.14. The molecule has 0 bridgehead atoms. The van der Waals surface area contributed by atoms with Crippen LogP contribution in [0.3, 0.4) is 0 Å². The van der Waals surface area contributed by atoms with E-state index in [1.807, 2.05) is 25.1 Å². The van der Waals surface area contributed by atoms with Gasteiger partial charge in [0.2, 0.25) is 5.91 Å². The number of carbonyl (C=O) groups excluding carboxylic acids is 2. The predicted molar refractivity (Wildman–Crippen MR) is 93.1 cm³/mol. The predicted octanol–water partition coefficient (Wildman–Crippen LogP) is 1.87. The summed E-state index contributed by atoms with van der Waals surface area (Å²) in [5.74, 6) is -0.243. The molecule has 2 aromatic heterocycles. The van der Waals surface area contributed by atoms with Gasteiger partial charge in [0.25, 0.3) is 5.91 Å². The molecule has 1 fully saturated rings. The summed E-state index contributed by atoms with van der Waals surface area (Å²) in [6.07, 6.45) is 4.53. The molecule has 2 aromatic rings. The number of amides is 2. The average molecular weight is 362 g/mol. The van der Waals surface area contributed by atoms with Crippen LogP contribution in [0.15, 0.2) is 30.6 Å². The number of nitrogens with zero attached hydrogens (tertiary/aromatic N) is 4. The summed E-state index contributed by atoms with van der Waals surface area (Å²) in [6.45, 7) is 3.29. The first-order chi connectivity index (χ1) is 12.1. The van der Waals surface area contributed by atoms with E-state index in [9.17, 15) is 9.59 Å². The van der Waals surface area contributed by atoms with Crippen LogP contribution in [0, 0.1) is 0 Å². The van der Waals surface area contributed by atoms with Gasteiger partial charge >= 0.3 is 0 Å². The van der Waals surface area contributed by atoms with Gasteiger partial charge in [-0.1, -0.05) is 17.7 Å². The second-order valence-corrected chi connectivity index (χ2v) is 6.40. The Morgan fingerprint density at radius 2 is 2.32 bits per heavy atom. The molecule has 1 aliphatic heterocycles. The molecule has 3 heterocycles. The van der Waals surface area contributed by atoms with Crippen LogP contribution >= 0.6 is 11.6 Å². The highest BCUT2D eigenvalue weighted by Gasteiger charge is 2.28. The molecule has 132 valence electrons. The van der Waals surface area contributed by atoms with Crippen molar-refractivity contribution in [2.45, 2.75) is 38.9 Å².